The Balaban J connectivity index is 1.53. The van der Waals surface area contributed by atoms with Gasteiger partial charge in [0.2, 0.25) is 5.91 Å². The van der Waals surface area contributed by atoms with Crippen LogP contribution < -0.4 is 5.32 Å². The standard InChI is InChI=1S/C20H18BrFN2O2/c1-13(14-2-6-16(21)7-3-14)24-19(25)10-11-20-23-12-18(26-20)15-4-8-17(22)9-5-15/h2-9,12-13H,10-11H2,1H3,(H,24,25). The molecular formula is C20H18BrFN2O2. The van der Waals surface area contributed by atoms with Crippen LogP contribution in [0.5, 0.6) is 0 Å². The van der Waals surface area contributed by atoms with Crippen LogP contribution in [0.1, 0.15) is 30.8 Å². The molecule has 0 aliphatic carbocycles. The number of amides is 1. The summed E-state index contributed by atoms with van der Waals surface area (Å²) in [5.74, 6) is 0.673. The summed E-state index contributed by atoms with van der Waals surface area (Å²) in [7, 11) is 0. The fourth-order valence-corrected chi connectivity index (χ4v) is 2.81. The van der Waals surface area contributed by atoms with Crippen molar-refractivity contribution in [2.24, 2.45) is 0 Å². The zero-order chi connectivity index (χ0) is 18.5. The highest BCUT2D eigenvalue weighted by molar-refractivity contribution is 9.10. The summed E-state index contributed by atoms with van der Waals surface area (Å²) >= 11 is 3.40. The monoisotopic (exact) mass is 416 g/mol. The number of nitrogens with zero attached hydrogens (tertiary/aromatic N) is 1. The molecule has 1 N–H and O–H groups in total. The number of hydrogen-bond acceptors (Lipinski definition) is 3. The molecular weight excluding hydrogens is 399 g/mol. The molecule has 1 amide bonds. The number of benzene rings is 2. The fraction of sp³-hybridized carbons (Fsp3) is 0.200. The lowest BCUT2D eigenvalue weighted by Gasteiger charge is -2.14. The van der Waals surface area contributed by atoms with Crippen LogP contribution >= 0.6 is 15.9 Å². The first-order valence-corrected chi connectivity index (χ1v) is 9.06. The summed E-state index contributed by atoms with van der Waals surface area (Å²) in [5.41, 5.74) is 1.79. The van der Waals surface area contributed by atoms with E-state index in [0.717, 1.165) is 15.6 Å². The van der Waals surface area contributed by atoms with Gasteiger partial charge in [-0.2, -0.15) is 0 Å². The van der Waals surface area contributed by atoms with E-state index in [1.165, 1.54) is 12.1 Å². The zero-order valence-electron chi connectivity index (χ0n) is 14.2. The number of aryl methyl sites for hydroxylation is 1. The lowest BCUT2D eigenvalue weighted by atomic mass is 10.1. The molecule has 6 heteroatoms. The maximum atomic E-state index is 13.0. The van der Waals surface area contributed by atoms with Crippen LogP contribution in [0.15, 0.2) is 63.6 Å². The van der Waals surface area contributed by atoms with E-state index in [2.05, 4.69) is 26.2 Å². The van der Waals surface area contributed by atoms with E-state index in [4.69, 9.17) is 4.42 Å². The third-order valence-corrected chi connectivity index (χ3v) is 4.52. The van der Waals surface area contributed by atoms with E-state index in [1.807, 2.05) is 31.2 Å². The van der Waals surface area contributed by atoms with Gasteiger partial charge in [0.15, 0.2) is 11.7 Å². The third kappa shape index (κ3) is 4.79. The van der Waals surface area contributed by atoms with E-state index in [0.29, 0.717) is 18.1 Å². The Labute approximate surface area is 159 Å². The van der Waals surface area contributed by atoms with Crippen molar-refractivity contribution in [3.05, 3.63) is 76.5 Å². The second-order valence-electron chi connectivity index (χ2n) is 5.97. The van der Waals surface area contributed by atoms with Crippen molar-refractivity contribution in [1.82, 2.24) is 10.3 Å². The first kappa shape index (κ1) is 18.3. The van der Waals surface area contributed by atoms with Gasteiger partial charge < -0.3 is 9.73 Å². The second kappa shape index (κ2) is 8.27. The van der Waals surface area contributed by atoms with Crippen molar-refractivity contribution < 1.29 is 13.6 Å². The van der Waals surface area contributed by atoms with E-state index in [-0.39, 0.29) is 24.2 Å². The summed E-state index contributed by atoms with van der Waals surface area (Å²) in [6.45, 7) is 1.94. The highest BCUT2D eigenvalue weighted by Crippen LogP contribution is 2.21. The van der Waals surface area contributed by atoms with Gasteiger partial charge in [0.05, 0.1) is 12.2 Å². The van der Waals surface area contributed by atoms with Gasteiger partial charge in [-0.05, 0) is 48.9 Å². The molecule has 0 fully saturated rings. The van der Waals surface area contributed by atoms with Crippen LogP contribution in [0.4, 0.5) is 4.39 Å². The van der Waals surface area contributed by atoms with Crippen LogP contribution in [0.25, 0.3) is 11.3 Å². The van der Waals surface area contributed by atoms with E-state index in [9.17, 15) is 9.18 Å². The first-order valence-electron chi connectivity index (χ1n) is 8.27. The lowest BCUT2D eigenvalue weighted by molar-refractivity contribution is -0.121. The lowest BCUT2D eigenvalue weighted by Crippen LogP contribution is -2.26. The Bertz CT molecular complexity index is 876. The minimum absolute atomic E-state index is 0.0676. The summed E-state index contributed by atoms with van der Waals surface area (Å²) in [4.78, 5) is 16.3. The van der Waals surface area contributed by atoms with Crippen LogP contribution in [-0.4, -0.2) is 10.9 Å². The number of oxazole rings is 1. The highest BCUT2D eigenvalue weighted by Gasteiger charge is 2.12. The average Bonchev–Trinajstić information content (AvgIpc) is 3.10. The van der Waals surface area contributed by atoms with E-state index < -0.39 is 0 Å². The molecule has 0 bridgehead atoms. The van der Waals surface area contributed by atoms with Gasteiger partial charge in [-0.15, -0.1) is 0 Å². The number of carbonyl (C=O) groups excluding carboxylic acids is 1. The van der Waals surface area contributed by atoms with E-state index >= 15 is 0 Å². The predicted octanol–water partition coefficient (Wildman–Crippen LogP) is 5.05. The molecule has 0 saturated carbocycles. The zero-order valence-corrected chi connectivity index (χ0v) is 15.8. The van der Waals surface area contributed by atoms with Crippen LogP contribution in [0.2, 0.25) is 0 Å². The molecule has 26 heavy (non-hydrogen) atoms. The van der Waals surface area contributed by atoms with Crippen molar-refractivity contribution in [3.8, 4) is 11.3 Å². The van der Waals surface area contributed by atoms with Gasteiger partial charge >= 0.3 is 0 Å². The number of carbonyl (C=O) groups is 1. The Kier molecular flexibility index (Phi) is 5.83. The summed E-state index contributed by atoms with van der Waals surface area (Å²) < 4.78 is 19.6. The second-order valence-corrected chi connectivity index (χ2v) is 6.88. The quantitative estimate of drug-likeness (QED) is 0.611. The van der Waals surface area contributed by atoms with Crippen LogP contribution in [0, 0.1) is 5.82 Å². The van der Waals surface area contributed by atoms with Crippen molar-refractivity contribution in [1.29, 1.82) is 0 Å². The molecule has 1 unspecified atom stereocenters. The third-order valence-electron chi connectivity index (χ3n) is 4.00. The molecule has 1 atom stereocenters. The number of aromatic nitrogens is 1. The Morgan fingerprint density at radius 1 is 1.19 bits per heavy atom. The van der Waals surface area contributed by atoms with Gasteiger partial charge in [-0.25, -0.2) is 9.37 Å². The molecule has 3 aromatic rings. The minimum atomic E-state index is -0.301. The molecule has 3 rings (SSSR count). The van der Waals surface area contributed by atoms with Gasteiger partial charge in [-0.3, -0.25) is 4.79 Å². The minimum Gasteiger partial charge on any atom is -0.441 e. The SMILES string of the molecule is CC(NC(=O)CCc1ncc(-c2ccc(F)cc2)o1)c1ccc(Br)cc1. The van der Waals surface area contributed by atoms with Crippen molar-refractivity contribution in [2.45, 2.75) is 25.8 Å². The molecule has 0 aliphatic rings. The smallest absolute Gasteiger partial charge is 0.220 e. The number of rotatable bonds is 6. The van der Waals surface area contributed by atoms with Gasteiger partial charge in [0.25, 0.3) is 0 Å². The summed E-state index contributed by atoms with van der Waals surface area (Å²) in [5, 5.41) is 2.97. The summed E-state index contributed by atoms with van der Waals surface area (Å²) in [6, 6.07) is 13.8. The normalized spacial score (nSPS) is 12.0. The topological polar surface area (TPSA) is 55.1 Å². The van der Waals surface area contributed by atoms with E-state index in [1.54, 1.807) is 18.3 Å². The summed E-state index contributed by atoms with van der Waals surface area (Å²) in [6.07, 6.45) is 2.27. The molecule has 0 radical (unpaired) electrons. The van der Waals surface area contributed by atoms with Gasteiger partial charge in [-0.1, -0.05) is 28.1 Å². The van der Waals surface area contributed by atoms with Crippen LogP contribution in [0.3, 0.4) is 0 Å². The number of nitrogens with one attached hydrogen (secondary N) is 1. The molecule has 1 aromatic heterocycles. The van der Waals surface area contributed by atoms with Crippen LogP contribution in [-0.2, 0) is 11.2 Å². The molecule has 0 saturated heterocycles. The van der Waals surface area contributed by atoms with Gasteiger partial charge in [0, 0.05) is 22.9 Å². The van der Waals surface area contributed by atoms with Crippen molar-refractivity contribution >= 4 is 21.8 Å². The number of halogens is 2. The predicted molar refractivity (Wildman–Crippen MR) is 101 cm³/mol. The number of hydrogen-bond donors (Lipinski definition) is 1. The van der Waals surface area contributed by atoms with Crippen molar-refractivity contribution in [2.75, 3.05) is 0 Å². The van der Waals surface area contributed by atoms with Gasteiger partial charge in [0.1, 0.15) is 5.82 Å². The largest absolute Gasteiger partial charge is 0.441 e. The maximum Gasteiger partial charge on any atom is 0.220 e. The maximum absolute atomic E-state index is 13.0. The Hall–Kier alpha value is -2.47. The molecule has 2 aromatic carbocycles. The molecule has 0 aliphatic heterocycles. The molecule has 1 heterocycles. The average molecular weight is 417 g/mol. The first-order chi connectivity index (χ1) is 12.5. The molecule has 134 valence electrons. The Morgan fingerprint density at radius 3 is 2.58 bits per heavy atom. The van der Waals surface area contributed by atoms with Crippen molar-refractivity contribution in [3.63, 3.8) is 0 Å². The highest BCUT2D eigenvalue weighted by atomic mass is 79.9. The molecule has 0 spiro atoms. The fourth-order valence-electron chi connectivity index (χ4n) is 2.54. The Morgan fingerprint density at radius 2 is 1.88 bits per heavy atom. The molecule has 4 nitrogen and oxygen atoms in total.